The molecule has 0 radical (unpaired) electrons. The van der Waals surface area contributed by atoms with Crippen LogP contribution in [0.4, 0.5) is 0 Å². The van der Waals surface area contributed by atoms with Gasteiger partial charge in [0.15, 0.2) is 5.82 Å². The first-order chi connectivity index (χ1) is 8.74. The Kier molecular flexibility index (Phi) is 2.87. The average molecular weight is 247 g/mol. The van der Waals surface area contributed by atoms with Crippen LogP contribution in [0, 0.1) is 6.92 Å². The second kappa shape index (κ2) is 4.53. The molecule has 3 heterocycles. The molecule has 0 aromatic carbocycles. The monoisotopic (exact) mass is 247 g/mol. The number of imidazole rings is 1. The van der Waals surface area contributed by atoms with Crippen LogP contribution < -0.4 is 0 Å². The maximum absolute atomic E-state index is 5.30. The molecule has 1 saturated heterocycles. The van der Waals surface area contributed by atoms with E-state index in [1.807, 2.05) is 26.4 Å². The Morgan fingerprint density at radius 2 is 2.39 bits per heavy atom. The summed E-state index contributed by atoms with van der Waals surface area (Å²) in [5.74, 6) is 2.51. The number of hydrogen-bond acceptors (Lipinski definition) is 5. The lowest BCUT2D eigenvalue weighted by molar-refractivity contribution is 0.195. The summed E-state index contributed by atoms with van der Waals surface area (Å²) in [6.07, 6.45) is 6.04. The Balaban J connectivity index is 1.77. The van der Waals surface area contributed by atoms with Crippen molar-refractivity contribution in [2.45, 2.75) is 32.4 Å². The molecule has 0 bridgehead atoms. The van der Waals surface area contributed by atoms with Gasteiger partial charge in [0.05, 0.1) is 12.6 Å². The summed E-state index contributed by atoms with van der Waals surface area (Å²) in [6, 6.07) is 0.239. The Morgan fingerprint density at radius 1 is 1.50 bits per heavy atom. The van der Waals surface area contributed by atoms with Crippen molar-refractivity contribution < 1.29 is 4.52 Å². The van der Waals surface area contributed by atoms with Gasteiger partial charge in [0.2, 0.25) is 5.89 Å². The molecule has 18 heavy (non-hydrogen) atoms. The number of rotatable bonds is 3. The summed E-state index contributed by atoms with van der Waals surface area (Å²) < 4.78 is 7.35. The second-order valence-electron chi connectivity index (χ2n) is 4.76. The normalized spacial score (nSPS) is 20.7. The molecule has 0 aliphatic carbocycles. The highest BCUT2D eigenvalue weighted by Gasteiger charge is 2.30. The van der Waals surface area contributed by atoms with Gasteiger partial charge in [0.25, 0.3) is 0 Å². The minimum absolute atomic E-state index is 0.239. The van der Waals surface area contributed by atoms with Crippen LogP contribution in [0.15, 0.2) is 16.9 Å². The lowest BCUT2D eigenvalue weighted by atomic mass is 10.2. The minimum atomic E-state index is 0.239. The fraction of sp³-hybridized carbons (Fsp3) is 0.583. The highest BCUT2D eigenvalue weighted by Crippen LogP contribution is 2.31. The lowest BCUT2D eigenvalue weighted by Gasteiger charge is -2.20. The van der Waals surface area contributed by atoms with Gasteiger partial charge in [-0.25, -0.2) is 4.98 Å². The molecule has 2 aromatic heterocycles. The molecule has 6 nitrogen and oxygen atoms in total. The summed E-state index contributed by atoms with van der Waals surface area (Å²) in [7, 11) is 2.02. The molecule has 0 amide bonds. The van der Waals surface area contributed by atoms with E-state index in [0.29, 0.717) is 5.82 Å². The zero-order valence-corrected chi connectivity index (χ0v) is 10.7. The molecule has 0 N–H and O–H groups in total. The number of nitrogens with zero attached hydrogens (tertiary/aromatic N) is 5. The van der Waals surface area contributed by atoms with E-state index in [2.05, 4.69) is 24.6 Å². The molecule has 0 spiro atoms. The number of aryl methyl sites for hydroxylation is 2. The summed E-state index contributed by atoms with van der Waals surface area (Å²) >= 11 is 0. The van der Waals surface area contributed by atoms with Gasteiger partial charge in [-0.15, -0.1) is 0 Å². The quantitative estimate of drug-likeness (QED) is 0.821. The first kappa shape index (κ1) is 11.4. The average Bonchev–Trinajstić information content (AvgIpc) is 3.03. The van der Waals surface area contributed by atoms with E-state index >= 15 is 0 Å². The molecular formula is C12H17N5O. The smallest absolute Gasteiger partial charge is 0.243 e. The Labute approximate surface area is 106 Å². The maximum atomic E-state index is 5.30. The highest BCUT2D eigenvalue weighted by atomic mass is 16.5. The molecule has 0 saturated carbocycles. The van der Waals surface area contributed by atoms with Crippen LogP contribution in [0.25, 0.3) is 0 Å². The van der Waals surface area contributed by atoms with Gasteiger partial charge in [-0.3, -0.25) is 4.90 Å². The zero-order valence-electron chi connectivity index (χ0n) is 10.7. The van der Waals surface area contributed by atoms with Gasteiger partial charge in [-0.05, 0) is 26.3 Å². The first-order valence-corrected chi connectivity index (χ1v) is 6.24. The van der Waals surface area contributed by atoms with Crippen molar-refractivity contribution in [1.29, 1.82) is 0 Å². The van der Waals surface area contributed by atoms with Crippen molar-refractivity contribution in [3.05, 3.63) is 29.9 Å². The van der Waals surface area contributed by atoms with Gasteiger partial charge in [-0.1, -0.05) is 5.16 Å². The van der Waals surface area contributed by atoms with Crippen LogP contribution in [-0.4, -0.2) is 31.1 Å². The molecule has 1 fully saturated rings. The standard InChI is InChI=1S/C12H17N5O/c1-9-14-12(18-15-9)10-4-3-6-17(10)8-11-13-5-7-16(11)2/h5,7,10H,3-4,6,8H2,1-2H3. The third kappa shape index (κ3) is 2.03. The summed E-state index contributed by atoms with van der Waals surface area (Å²) in [6.45, 7) is 3.74. The SMILES string of the molecule is Cc1noc(C2CCCN2Cc2nccn2C)n1. The van der Waals surface area contributed by atoms with Crippen molar-refractivity contribution >= 4 is 0 Å². The minimum Gasteiger partial charge on any atom is -0.338 e. The van der Waals surface area contributed by atoms with Crippen molar-refractivity contribution in [2.75, 3.05) is 6.54 Å². The van der Waals surface area contributed by atoms with E-state index in [4.69, 9.17) is 4.52 Å². The molecule has 96 valence electrons. The van der Waals surface area contributed by atoms with E-state index in [1.54, 1.807) is 0 Å². The summed E-state index contributed by atoms with van der Waals surface area (Å²) in [4.78, 5) is 11.1. The van der Waals surface area contributed by atoms with E-state index in [9.17, 15) is 0 Å². The van der Waals surface area contributed by atoms with Crippen LogP contribution in [0.2, 0.25) is 0 Å². The van der Waals surface area contributed by atoms with Crippen LogP contribution in [0.5, 0.6) is 0 Å². The van der Waals surface area contributed by atoms with E-state index < -0.39 is 0 Å². The van der Waals surface area contributed by atoms with E-state index in [0.717, 1.165) is 37.6 Å². The third-order valence-electron chi connectivity index (χ3n) is 3.46. The van der Waals surface area contributed by atoms with Gasteiger partial charge in [0, 0.05) is 19.4 Å². The van der Waals surface area contributed by atoms with Gasteiger partial charge < -0.3 is 9.09 Å². The predicted molar refractivity (Wildman–Crippen MR) is 64.6 cm³/mol. The Hall–Kier alpha value is -1.69. The number of hydrogen-bond donors (Lipinski definition) is 0. The van der Waals surface area contributed by atoms with E-state index in [1.165, 1.54) is 0 Å². The second-order valence-corrected chi connectivity index (χ2v) is 4.76. The van der Waals surface area contributed by atoms with Crippen molar-refractivity contribution in [2.24, 2.45) is 7.05 Å². The van der Waals surface area contributed by atoms with Gasteiger partial charge in [0.1, 0.15) is 5.82 Å². The fourth-order valence-corrected chi connectivity index (χ4v) is 2.47. The topological polar surface area (TPSA) is 60.0 Å². The fourth-order valence-electron chi connectivity index (χ4n) is 2.47. The van der Waals surface area contributed by atoms with Crippen molar-refractivity contribution in [3.63, 3.8) is 0 Å². The van der Waals surface area contributed by atoms with Crippen LogP contribution in [0.3, 0.4) is 0 Å². The third-order valence-corrected chi connectivity index (χ3v) is 3.46. The van der Waals surface area contributed by atoms with E-state index in [-0.39, 0.29) is 6.04 Å². The van der Waals surface area contributed by atoms with Crippen molar-refractivity contribution in [1.82, 2.24) is 24.6 Å². The van der Waals surface area contributed by atoms with Crippen LogP contribution in [-0.2, 0) is 13.6 Å². The summed E-state index contributed by atoms with van der Waals surface area (Å²) in [5, 5.41) is 3.88. The molecule has 6 heteroatoms. The molecule has 1 aliphatic rings. The lowest BCUT2D eigenvalue weighted by Crippen LogP contribution is -2.24. The zero-order chi connectivity index (χ0) is 12.5. The molecular weight excluding hydrogens is 230 g/mol. The summed E-state index contributed by atoms with van der Waals surface area (Å²) in [5.41, 5.74) is 0. The molecule has 1 unspecified atom stereocenters. The highest BCUT2D eigenvalue weighted by molar-refractivity contribution is 4.99. The molecule has 2 aromatic rings. The van der Waals surface area contributed by atoms with Gasteiger partial charge in [-0.2, -0.15) is 4.98 Å². The van der Waals surface area contributed by atoms with Crippen LogP contribution >= 0.6 is 0 Å². The van der Waals surface area contributed by atoms with Gasteiger partial charge >= 0.3 is 0 Å². The number of aromatic nitrogens is 4. The first-order valence-electron chi connectivity index (χ1n) is 6.24. The molecule has 1 atom stereocenters. The maximum Gasteiger partial charge on any atom is 0.243 e. The Bertz CT molecular complexity index is 532. The Morgan fingerprint density at radius 3 is 3.06 bits per heavy atom. The van der Waals surface area contributed by atoms with Crippen LogP contribution in [0.1, 0.15) is 36.4 Å². The molecule has 3 rings (SSSR count). The van der Waals surface area contributed by atoms with Crippen molar-refractivity contribution in [3.8, 4) is 0 Å². The number of likely N-dealkylation sites (tertiary alicyclic amines) is 1. The predicted octanol–water partition coefficient (Wildman–Crippen LogP) is 1.45. The largest absolute Gasteiger partial charge is 0.338 e. The molecule has 1 aliphatic heterocycles.